The van der Waals surface area contributed by atoms with E-state index >= 15 is 0 Å². The van der Waals surface area contributed by atoms with Crippen molar-refractivity contribution in [3.63, 3.8) is 0 Å². The van der Waals surface area contributed by atoms with Gasteiger partial charge in [0.15, 0.2) is 32.4 Å². The number of carbonyl (C=O) groups is 3. The number of aromatic hydroxyl groups is 3. The molecule has 0 fully saturated rings. The Morgan fingerprint density at radius 1 is 0.614 bits per heavy atom. The first-order chi connectivity index (χ1) is 63.2. The predicted octanol–water partition coefficient (Wildman–Crippen LogP) is 13.9. The summed E-state index contributed by atoms with van der Waals surface area (Å²) in [6, 6.07) is 49.2. The van der Waals surface area contributed by atoms with Crippen LogP contribution in [0.25, 0.3) is 11.1 Å². The summed E-state index contributed by atoms with van der Waals surface area (Å²) in [7, 11) is -4.44. The van der Waals surface area contributed by atoms with E-state index in [1.54, 1.807) is 91.0 Å². The number of aryl methyl sites for hydroxylation is 6. The fourth-order valence-electron chi connectivity index (χ4n) is 19.3. The fraction of sp³-hybridized carbons (Fsp3) is 0.307. The lowest BCUT2D eigenvalue weighted by atomic mass is 9.73. The minimum absolute atomic E-state index is 0.0274. The number of phenols is 3. The maximum absolute atomic E-state index is 14.4. The van der Waals surface area contributed by atoms with Gasteiger partial charge in [0.2, 0.25) is 10.8 Å². The number of nitrogens with zero attached hydrogens (tertiary/aromatic N) is 3. The molecule has 0 unspecified atom stereocenters. The number of aromatic nitrogens is 1. The Kier molecular flexibility index (Phi) is 24.6. The number of nitrogens with one attached hydrogen (secondary N) is 4. The van der Waals surface area contributed by atoms with Gasteiger partial charge in [0.1, 0.15) is 68.6 Å². The molecular formula is C101H98F3N7O19S2. The Morgan fingerprint density at radius 2 is 1.14 bits per heavy atom. The minimum Gasteiger partial charge on any atom is -0.542 e. The summed E-state index contributed by atoms with van der Waals surface area (Å²) in [6.45, 7) is 14.0. The molecule has 8 N–H and O–H groups in total. The van der Waals surface area contributed by atoms with Crippen molar-refractivity contribution in [3.05, 3.63) is 301 Å². The first-order valence-electron chi connectivity index (χ1n) is 44.2. The first-order valence-corrected chi connectivity index (χ1v) is 47.2. The highest BCUT2D eigenvalue weighted by Gasteiger charge is 2.59. The number of alkyl halides is 3. The number of esters is 1. The summed E-state index contributed by atoms with van der Waals surface area (Å²) in [5.41, 5.74) is 16.6. The van der Waals surface area contributed by atoms with Crippen LogP contribution in [0.2, 0.25) is 0 Å². The number of hydrogen-bond donors (Lipinski definition) is 8. The van der Waals surface area contributed by atoms with Gasteiger partial charge < -0.3 is 79.3 Å². The number of halogens is 3. The van der Waals surface area contributed by atoms with Gasteiger partial charge >= 0.3 is 18.0 Å². The highest BCUT2D eigenvalue weighted by Crippen LogP contribution is 2.64. The molecule has 132 heavy (non-hydrogen) atoms. The zero-order valence-electron chi connectivity index (χ0n) is 73.4. The van der Waals surface area contributed by atoms with Crippen molar-refractivity contribution in [2.75, 3.05) is 91.0 Å². The molecule has 0 aromatic heterocycles. The van der Waals surface area contributed by atoms with Gasteiger partial charge in [-0.2, -0.15) is 21.6 Å². The van der Waals surface area contributed by atoms with Crippen LogP contribution in [0.1, 0.15) is 169 Å². The number of anilines is 5. The molecule has 20 rings (SSSR count). The van der Waals surface area contributed by atoms with Crippen LogP contribution in [0, 0.1) is 24.6 Å². The topological polar surface area (TPSA) is 371 Å². The smallest absolute Gasteiger partial charge is 0.430 e. The molecule has 2 spiro atoms. The van der Waals surface area contributed by atoms with Gasteiger partial charge in [0.25, 0.3) is 15.5 Å². The minimum atomic E-state index is -5.19. The molecule has 0 atom stereocenters. The van der Waals surface area contributed by atoms with E-state index in [1.807, 2.05) is 101 Å². The van der Waals surface area contributed by atoms with Gasteiger partial charge in [-0.15, -0.1) is 0 Å². The van der Waals surface area contributed by atoms with Gasteiger partial charge in [-0.1, -0.05) is 54.6 Å². The van der Waals surface area contributed by atoms with Crippen LogP contribution < -0.4 is 55.8 Å². The Bertz CT molecular complexity index is 6980. The number of Topliss-reactive ketones (excluding diaryl/α,β-unsaturated/α-hetero) is 1. The zero-order valence-corrected chi connectivity index (χ0v) is 75.1. The lowest BCUT2D eigenvalue weighted by Gasteiger charge is -2.45. The molecule has 10 aliphatic rings. The number of aliphatic carboxylic acids is 1. The van der Waals surface area contributed by atoms with Gasteiger partial charge in [-0.3, -0.25) is 14.4 Å². The highest BCUT2D eigenvalue weighted by molar-refractivity contribution is 7.91. The van der Waals surface area contributed by atoms with Gasteiger partial charge in [0, 0.05) is 169 Å². The van der Waals surface area contributed by atoms with E-state index < -0.39 is 60.1 Å². The number of benzene rings is 10. The molecular weight excluding hydrogens is 1740 g/mol. The standard InChI is InChI=1S/C40H40N2O7S2.C36H36N2O5.C23H21N3O5.C2HF3O2/c43-28-13-11-25(12-14-28)6-5-21-50(44,45)29-15-16-32-35(24-29)51(46,47)49-40(32)33-22-26-7-1-17-41-19-3-9-30(36(26)41)38(33)48-39-31-10-4-20-42-18-2-8-27(37(31)42)23-34(39)40;1-5-37-30-19-33-28(16-21(30)3)36(29-17-22(4)31(38-6-2)20-34(29)42-33)27-15-12-24(18-26(27)35(41)43-36)32(40)9-7-8-23-10-13-25(39)14-11-23;1-26(2)14-5-8-17-19(11-14)31-22-20(25-17)16(12-18(28)21(22)29)23(30)24-10-9-13-3-6-15(27)7-4-13;3-2(4,5)1(6)7/h11-16,22-24,43H,1-10,17-21H2;10-20,37-39H,5-9H2,1-4H3;3-8,11-12,25,27H,9-10H2,1-2H3,(H,24,30);(H,6,7). The predicted molar refractivity (Wildman–Crippen MR) is 490 cm³/mol. The normalized spacial score (nSPS) is 15.7. The quantitative estimate of drug-likeness (QED) is 0.00931. The number of rotatable bonds is 19. The third kappa shape index (κ3) is 17.0. The second-order valence-corrected chi connectivity index (χ2v) is 38.1. The summed E-state index contributed by atoms with van der Waals surface area (Å²) in [4.78, 5) is 73.0. The number of carboxylic acid groups (broad SMARTS) is 1. The Morgan fingerprint density at radius 3 is 1.67 bits per heavy atom. The number of hydrogen-bond acceptors (Lipinski definition) is 23. The molecule has 10 aromatic carbocycles. The number of carboxylic acids is 1. The average Bonchev–Trinajstić information content (AvgIpc) is 1.46. The molecule has 9 aliphatic heterocycles. The molecule has 10 aromatic rings. The van der Waals surface area contributed by atoms with Crippen molar-refractivity contribution in [1.29, 1.82) is 0 Å². The van der Waals surface area contributed by atoms with Crippen molar-refractivity contribution in [2.45, 2.75) is 145 Å². The van der Waals surface area contributed by atoms with Gasteiger partial charge in [-0.25, -0.2) is 22.4 Å². The van der Waals surface area contributed by atoms with Crippen molar-refractivity contribution in [1.82, 2.24) is 4.98 Å². The van der Waals surface area contributed by atoms with Crippen LogP contribution >= 0.6 is 0 Å². The van der Waals surface area contributed by atoms with Crippen LogP contribution in [0.5, 0.6) is 40.2 Å². The largest absolute Gasteiger partial charge is 0.542 e. The maximum atomic E-state index is 14.4. The summed E-state index contributed by atoms with van der Waals surface area (Å²) in [6.07, 6.45) is 5.44. The van der Waals surface area contributed by atoms with Crippen molar-refractivity contribution in [3.8, 4) is 40.2 Å². The molecule has 0 saturated heterocycles. The highest BCUT2D eigenvalue weighted by atomic mass is 32.2. The lowest BCUT2D eigenvalue weighted by molar-refractivity contribution is -0.464. The Labute approximate surface area is 758 Å². The van der Waals surface area contributed by atoms with Crippen molar-refractivity contribution in [2.24, 2.45) is 0 Å². The second kappa shape index (κ2) is 35.9. The lowest BCUT2D eigenvalue weighted by Crippen LogP contribution is -2.74. The summed E-state index contributed by atoms with van der Waals surface area (Å²) >= 11 is 0. The number of ether oxygens (including phenoxy) is 3. The van der Waals surface area contributed by atoms with E-state index in [0.717, 1.165) is 170 Å². The second-order valence-electron chi connectivity index (χ2n) is 34.4. The summed E-state index contributed by atoms with van der Waals surface area (Å²) in [5, 5.41) is 54.9. The SMILES string of the molecule is CCNc1cc2c(cc1C)C1(OC(=O)c3cc(C(=O)CCCc4ccc(O)cc4)ccc31)c1cc(C)c(NCC)cc1O2.CN(C)c1ccc2[nH]c3c(C(O)=[NH+]CCc4ccc(O)cc4)cc(=O)c(=O)c=3oc2c1.O=C([O-])C(F)(F)F.O=S(=O)(CCCc1ccc(O)cc1)c1ccc2c(c1)S(=O)(=O)OC21c2cc3c4c(c2Oc2c1cc1c5c2CCCN5CCC1)CCCN4CCC3. The molecule has 26 nitrogen and oxygen atoms in total. The zero-order chi connectivity index (χ0) is 93.2. The third-order valence-corrected chi connectivity index (χ3v) is 28.7. The molecule has 31 heteroatoms. The van der Waals surface area contributed by atoms with Crippen LogP contribution in [-0.4, -0.2) is 138 Å². The number of carbonyl (C=O) groups excluding carboxylic acids is 3. The number of phenolic OH excluding ortho intramolecular Hbond substituents is 3. The van der Waals surface area contributed by atoms with E-state index in [-0.39, 0.29) is 60.8 Å². The van der Waals surface area contributed by atoms with Gasteiger partial charge in [0.05, 0.1) is 21.7 Å². The Balaban J connectivity index is 0.000000137. The van der Waals surface area contributed by atoms with E-state index in [2.05, 4.69) is 42.5 Å². The molecule has 0 radical (unpaired) electrons. The van der Waals surface area contributed by atoms with Crippen LogP contribution in [0.15, 0.2) is 194 Å². The van der Waals surface area contributed by atoms with E-state index in [9.17, 15) is 69.6 Å². The molecule has 0 saturated carbocycles. The molecule has 0 bridgehead atoms. The van der Waals surface area contributed by atoms with E-state index in [1.165, 1.54) is 28.6 Å². The number of H-pyrrole nitrogens is 1. The molecule has 684 valence electrons. The fourth-order valence-corrected chi connectivity index (χ4v) is 22.1. The number of aliphatic hydroxyl groups excluding tert-OH is 1. The van der Waals surface area contributed by atoms with Crippen LogP contribution in [0.4, 0.5) is 41.6 Å². The molecule has 9 heterocycles. The number of fused-ring (bicyclic) bond motifs is 15. The third-order valence-electron chi connectivity index (χ3n) is 25.6. The summed E-state index contributed by atoms with van der Waals surface area (Å²) in [5.74, 6) is -0.679. The number of sulfone groups is 1. The number of aliphatic hydroxyl groups is 1. The van der Waals surface area contributed by atoms with Gasteiger partial charge in [-0.05, 0) is 235 Å². The van der Waals surface area contributed by atoms with E-state index in [0.29, 0.717) is 106 Å². The van der Waals surface area contributed by atoms with Crippen molar-refractivity contribution < 1.29 is 97.7 Å². The number of aromatic amines is 1. The van der Waals surface area contributed by atoms with Crippen LogP contribution in [-0.2, 0) is 89.8 Å². The van der Waals surface area contributed by atoms with E-state index in [4.69, 9.17) is 32.7 Å². The van der Waals surface area contributed by atoms with Crippen molar-refractivity contribution >= 4 is 83.1 Å². The van der Waals surface area contributed by atoms with Crippen LogP contribution in [0.3, 0.4) is 0 Å². The monoisotopic (exact) mass is 1830 g/mol. The number of ketones is 1. The first kappa shape index (κ1) is 90.3. The average molecular weight is 1840 g/mol. The maximum Gasteiger partial charge on any atom is 0.430 e. The molecule has 1 aliphatic carbocycles. The summed E-state index contributed by atoms with van der Waals surface area (Å²) < 4.78 is 120. The Hall–Kier alpha value is -13.7. The molecule has 0 amide bonds.